The smallest absolute Gasteiger partial charge is 0.410 e. The van der Waals surface area contributed by atoms with Gasteiger partial charge in [-0.25, -0.2) is 4.79 Å². The van der Waals surface area contributed by atoms with Crippen molar-refractivity contribution in [2.45, 2.75) is 45.8 Å². The van der Waals surface area contributed by atoms with Crippen molar-refractivity contribution in [1.82, 2.24) is 19.7 Å². The monoisotopic (exact) mass is 278 g/mol. The van der Waals surface area contributed by atoms with E-state index >= 15 is 0 Å². The lowest BCUT2D eigenvalue weighted by Gasteiger charge is -2.29. The molecule has 20 heavy (non-hydrogen) atoms. The predicted molar refractivity (Wildman–Crippen MR) is 75.9 cm³/mol. The minimum absolute atomic E-state index is 0.0733. The van der Waals surface area contributed by atoms with Gasteiger partial charge in [0.05, 0.1) is 6.04 Å². The molecule has 110 valence electrons. The number of nitrogens with zero attached hydrogens (tertiary/aromatic N) is 4. The second-order valence-corrected chi connectivity index (χ2v) is 6.35. The van der Waals surface area contributed by atoms with Crippen LogP contribution in [0.25, 0.3) is 5.70 Å². The average molecular weight is 278 g/mol. The number of likely N-dealkylation sites (tertiary alicyclic amines) is 1. The third-order valence-electron chi connectivity index (χ3n) is 3.27. The molecule has 0 unspecified atom stereocenters. The molecule has 6 heteroatoms. The van der Waals surface area contributed by atoms with Gasteiger partial charge in [0.1, 0.15) is 18.3 Å². The summed E-state index contributed by atoms with van der Waals surface area (Å²) in [6.07, 6.45) is 3.77. The lowest BCUT2D eigenvalue weighted by atomic mass is 10.1. The number of carbonyl (C=O) groups excluding carboxylic acids is 1. The highest BCUT2D eigenvalue weighted by Gasteiger charge is 2.37. The number of aromatic nitrogens is 3. The minimum atomic E-state index is -0.495. The second kappa shape index (κ2) is 5.26. The Labute approximate surface area is 119 Å². The van der Waals surface area contributed by atoms with Gasteiger partial charge in [-0.2, -0.15) is 0 Å². The predicted octanol–water partition coefficient (Wildman–Crippen LogP) is 2.39. The summed E-state index contributed by atoms with van der Waals surface area (Å²) < 4.78 is 7.22. The van der Waals surface area contributed by atoms with Crippen molar-refractivity contribution in [3.63, 3.8) is 0 Å². The van der Waals surface area contributed by atoms with Crippen LogP contribution in [0.3, 0.4) is 0 Å². The first-order valence-corrected chi connectivity index (χ1v) is 6.81. The number of ether oxygens (including phenoxy) is 1. The second-order valence-electron chi connectivity index (χ2n) is 6.35. The van der Waals surface area contributed by atoms with Gasteiger partial charge in [0.25, 0.3) is 0 Å². The van der Waals surface area contributed by atoms with Crippen LogP contribution >= 0.6 is 0 Å². The molecule has 0 aromatic carbocycles. The molecule has 2 rings (SSSR count). The fourth-order valence-electron chi connectivity index (χ4n) is 2.41. The first-order valence-electron chi connectivity index (χ1n) is 6.81. The number of hydrogen-bond donors (Lipinski definition) is 0. The normalized spacial score (nSPS) is 22.9. The summed E-state index contributed by atoms with van der Waals surface area (Å²) in [5, 5.41) is 7.56. The van der Waals surface area contributed by atoms with E-state index in [-0.39, 0.29) is 12.1 Å². The van der Waals surface area contributed by atoms with E-state index < -0.39 is 5.60 Å². The lowest BCUT2D eigenvalue weighted by molar-refractivity contribution is 0.0253. The molecule has 1 aliphatic heterocycles. The van der Waals surface area contributed by atoms with E-state index in [1.807, 2.05) is 20.8 Å². The molecule has 0 saturated carbocycles. The van der Waals surface area contributed by atoms with Crippen molar-refractivity contribution >= 4 is 11.8 Å². The standard InChI is InChI=1S/C14H22N4O2/c1-10-6-12(11(2)17-8-15-16-9-17)18(7-10)13(19)20-14(3,4)5/h8-10,12H,2,6-7H2,1,3-5H3/t10-,12+/m1/s1. The van der Waals surface area contributed by atoms with Crippen LogP contribution in [0.1, 0.15) is 34.1 Å². The number of carbonyl (C=O) groups is 1. The third kappa shape index (κ3) is 3.18. The van der Waals surface area contributed by atoms with Crippen molar-refractivity contribution in [3.05, 3.63) is 19.2 Å². The Morgan fingerprint density at radius 2 is 1.95 bits per heavy atom. The van der Waals surface area contributed by atoms with E-state index in [1.54, 1.807) is 22.1 Å². The van der Waals surface area contributed by atoms with Crippen molar-refractivity contribution in [3.8, 4) is 0 Å². The van der Waals surface area contributed by atoms with E-state index in [4.69, 9.17) is 4.74 Å². The fourth-order valence-corrected chi connectivity index (χ4v) is 2.41. The van der Waals surface area contributed by atoms with E-state index in [9.17, 15) is 4.79 Å². The fraction of sp³-hybridized carbons (Fsp3) is 0.643. The van der Waals surface area contributed by atoms with Crippen molar-refractivity contribution < 1.29 is 9.53 Å². The van der Waals surface area contributed by atoms with Crippen molar-refractivity contribution in [1.29, 1.82) is 0 Å². The maximum atomic E-state index is 12.3. The molecule has 1 aliphatic rings. The van der Waals surface area contributed by atoms with Gasteiger partial charge in [0.2, 0.25) is 0 Å². The van der Waals surface area contributed by atoms with Crippen LogP contribution < -0.4 is 0 Å². The molecule has 0 bridgehead atoms. The molecule has 1 fully saturated rings. The van der Waals surface area contributed by atoms with Gasteiger partial charge in [-0.15, -0.1) is 10.2 Å². The molecule has 1 amide bonds. The Bertz CT molecular complexity index is 490. The van der Waals surface area contributed by atoms with E-state index in [2.05, 4.69) is 23.7 Å². The molecule has 0 N–H and O–H groups in total. The van der Waals surface area contributed by atoms with E-state index in [1.165, 1.54) is 0 Å². The summed E-state index contributed by atoms with van der Waals surface area (Å²) in [4.78, 5) is 14.1. The zero-order valence-electron chi connectivity index (χ0n) is 12.5. The van der Waals surface area contributed by atoms with E-state index in [0.717, 1.165) is 12.1 Å². The largest absolute Gasteiger partial charge is 0.444 e. The van der Waals surface area contributed by atoms with Gasteiger partial charge >= 0.3 is 6.09 Å². The van der Waals surface area contributed by atoms with Crippen LogP contribution in [0.15, 0.2) is 19.2 Å². The summed E-state index contributed by atoms with van der Waals surface area (Å²) in [7, 11) is 0. The topological polar surface area (TPSA) is 60.2 Å². The summed E-state index contributed by atoms with van der Waals surface area (Å²) in [5.41, 5.74) is 0.302. The van der Waals surface area contributed by atoms with Gasteiger partial charge in [-0.05, 0) is 33.1 Å². The molecular formula is C14H22N4O2. The van der Waals surface area contributed by atoms with Gasteiger partial charge in [0, 0.05) is 12.2 Å². The van der Waals surface area contributed by atoms with Crippen LogP contribution in [0.2, 0.25) is 0 Å². The minimum Gasteiger partial charge on any atom is -0.444 e. The van der Waals surface area contributed by atoms with Gasteiger partial charge in [0.15, 0.2) is 0 Å². The Hall–Kier alpha value is -1.85. The first-order chi connectivity index (χ1) is 9.28. The summed E-state index contributed by atoms with van der Waals surface area (Å²) >= 11 is 0. The molecule has 1 aromatic rings. The van der Waals surface area contributed by atoms with Crippen LogP contribution in [0.4, 0.5) is 4.79 Å². The van der Waals surface area contributed by atoms with Crippen LogP contribution in [-0.4, -0.2) is 43.9 Å². The summed E-state index contributed by atoms with van der Waals surface area (Å²) in [6, 6.07) is -0.0733. The Kier molecular flexibility index (Phi) is 3.83. The summed E-state index contributed by atoms with van der Waals surface area (Å²) in [6.45, 7) is 12.5. The molecule has 6 nitrogen and oxygen atoms in total. The molecule has 2 atom stereocenters. The zero-order valence-corrected chi connectivity index (χ0v) is 12.5. The molecule has 0 aliphatic carbocycles. The Morgan fingerprint density at radius 3 is 2.50 bits per heavy atom. The van der Waals surface area contributed by atoms with Crippen LogP contribution in [-0.2, 0) is 4.74 Å². The number of rotatable bonds is 2. The van der Waals surface area contributed by atoms with Crippen LogP contribution in [0, 0.1) is 5.92 Å². The first kappa shape index (κ1) is 14.6. The lowest BCUT2D eigenvalue weighted by Crippen LogP contribution is -2.40. The molecular weight excluding hydrogens is 256 g/mol. The molecule has 1 saturated heterocycles. The SMILES string of the molecule is C=C([C@@H]1C[C@@H](C)CN1C(=O)OC(C)(C)C)n1cnnc1. The maximum absolute atomic E-state index is 12.3. The van der Waals surface area contributed by atoms with Crippen molar-refractivity contribution in [2.24, 2.45) is 5.92 Å². The molecule has 2 heterocycles. The van der Waals surface area contributed by atoms with E-state index in [0.29, 0.717) is 12.5 Å². The molecule has 0 spiro atoms. The zero-order chi connectivity index (χ0) is 14.9. The maximum Gasteiger partial charge on any atom is 0.410 e. The molecule has 1 aromatic heterocycles. The Balaban J connectivity index is 2.14. The van der Waals surface area contributed by atoms with Gasteiger partial charge < -0.3 is 4.74 Å². The average Bonchev–Trinajstić information content (AvgIpc) is 2.94. The highest BCUT2D eigenvalue weighted by molar-refractivity contribution is 5.72. The quantitative estimate of drug-likeness (QED) is 0.833. The highest BCUT2D eigenvalue weighted by Crippen LogP contribution is 2.30. The van der Waals surface area contributed by atoms with Crippen LogP contribution in [0.5, 0.6) is 0 Å². The molecule has 0 radical (unpaired) electrons. The Morgan fingerprint density at radius 1 is 1.35 bits per heavy atom. The number of amides is 1. The van der Waals surface area contributed by atoms with Crippen molar-refractivity contribution in [2.75, 3.05) is 6.54 Å². The highest BCUT2D eigenvalue weighted by atomic mass is 16.6. The third-order valence-corrected chi connectivity index (χ3v) is 3.27. The van der Waals surface area contributed by atoms with Gasteiger partial charge in [-0.3, -0.25) is 9.47 Å². The number of hydrogen-bond acceptors (Lipinski definition) is 4. The van der Waals surface area contributed by atoms with Gasteiger partial charge in [-0.1, -0.05) is 13.5 Å². The summed E-state index contributed by atoms with van der Waals surface area (Å²) in [5.74, 6) is 0.417.